The SMILES string of the molecule is [B]C([B])(OP1(=O)OCc2cccc(C)c2O1)[C@@]1(F)O[C@@]([B])(n2cc(Cl)c(=O)[nH]c2=S)[C@H](O)[C@@H]1O. The Morgan fingerprint density at radius 3 is 2.76 bits per heavy atom. The normalized spacial score (nSPS) is 33.3. The summed E-state index contributed by atoms with van der Waals surface area (Å²) in [4.78, 5) is 13.8. The lowest BCUT2D eigenvalue weighted by atomic mass is 9.59. The maximum Gasteiger partial charge on any atom is 0.529 e. The van der Waals surface area contributed by atoms with Crippen molar-refractivity contribution in [2.75, 3.05) is 0 Å². The number of rotatable bonds is 4. The zero-order chi connectivity index (χ0) is 25.3. The number of aromatic nitrogens is 2. The minimum Gasteiger partial charge on any atom is -0.403 e. The molecule has 10 nitrogen and oxygen atoms in total. The summed E-state index contributed by atoms with van der Waals surface area (Å²) in [6.45, 7) is 1.41. The van der Waals surface area contributed by atoms with Gasteiger partial charge in [0.25, 0.3) is 11.4 Å². The highest BCUT2D eigenvalue weighted by Gasteiger charge is 2.68. The number of alkyl halides is 1. The molecule has 6 radical (unpaired) electrons. The lowest BCUT2D eigenvalue weighted by Gasteiger charge is -2.42. The first kappa shape index (κ1) is 25.7. The second-order valence-electron chi connectivity index (χ2n) is 7.75. The lowest BCUT2D eigenvalue weighted by Crippen LogP contribution is -2.60. The van der Waals surface area contributed by atoms with Crippen molar-refractivity contribution in [2.24, 2.45) is 0 Å². The van der Waals surface area contributed by atoms with Crippen LogP contribution in [0.25, 0.3) is 0 Å². The van der Waals surface area contributed by atoms with Gasteiger partial charge in [-0.3, -0.25) is 18.8 Å². The minimum atomic E-state index is -4.67. The van der Waals surface area contributed by atoms with E-state index in [1.807, 2.05) is 0 Å². The van der Waals surface area contributed by atoms with Crippen LogP contribution in [0.3, 0.4) is 0 Å². The van der Waals surface area contributed by atoms with E-state index in [1.54, 1.807) is 25.1 Å². The van der Waals surface area contributed by atoms with Crippen molar-refractivity contribution < 1.29 is 37.5 Å². The summed E-state index contributed by atoms with van der Waals surface area (Å²) >= 11 is 10.7. The molecule has 34 heavy (non-hydrogen) atoms. The molecule has 0 aliphatic carbocycles. The number of hydrogen-bond donors (Lipinski definition) is 3. The number of aliphatic hydroxyl groups excluding tert-OH is 2. The first-order chi connectivity index (χ1) is 15.6. The largest absolute Gasteiger partial charge is 0.529 e. The standard InChI is InChI=1S/C17H14B3ClFN2O8PS/c1-7-3-2-4-8-6-29-33(28,30-10(7)8)32-17(19,20)15(22)11(25)12(26)16(18,31-15)24-5-9(21)13(27)23-14(24)34/h2-5,11-12,25-26H,6H2,1H3,(H,23,27,34)/t11-,12+,15-,16-,33?/m0/s1. The molecule has 2 aromatic rings. The number of nitrogens with one attached hydrogen (secondary N) is 1. The number of aliphatic hydroxyl groups is 2. The van der Waals surface area contributed by atoms with Crippen LogP contribution in [0.5, 0.6) is 5.75 Å². The zero-order valence-electron chi connectivity index (χ0n) is 17.3. The first-order valence-corrected chi connectivity index (χ1v) is 11.8. The van der Waals surface area contributed by atoms with Gasteiger partial charge in [-0.1, -0.05) is 29.8 Å². The van der Waals surface area contributed by atoms with Gasteiger partial charge in [-0.25, -0.2) is 8.96 Å². The summed E-state index contributed by atoms with van der Waals surface area (Å²) in [5, 5.41) is 17.3. The molecule has 1 aromatic carbocycles. The Morgan fingerprint density at radius 1 is 1.41 bits per heavy atom. The number of aryl methyl sites for hydroxylation is 1. The summed E-state index contributed by atoms with van der Waals surface area (Å²) in [6.07, 6.45) is -4.03. The van der Waals surface area contributed by atoms with E-state index in [2.05, 4.69) is 4.98 Å². The molecule has 17 heteroatoms. The van der Waals surface area contributed by atoms with Gasteiger partial charge in [-0.2, -0.15) is 0 Å². The molecule has 4 rings (SSSR count). The van der Waals surface area contributed by atoms with E-state index in [9.17, 15) is 19.6 Å². The second-order valence-corrected chi connectivity index (χ2v) is 10.1. The highest BCUT2D eigenvalue weighted by molar-refractivity contribution is 7.71. The Hall–Kier alpha value is -1.44. The minimum absolute atomic E-state index is 0.149. The second kappa shape index (κ2) is 8.31. The molecule has 3 N–H and O–H groups in total. The third-order valence-electron chi connectivity index (χ3n) is 5.36. The topological polar surface area (TPSA) is 132 Å². The molecule has 2 aliphatic heterocycles. The Morgan fingerprint density at radius 2 is 2.09 bits per heavy atom. The van der Waals surface area contributed by atoms with E-state index in [4.69, 9.17) is 65.7 Å². The Labute approximate surface area is 206 Å². The van der Waals surface area contributed by atoms with Gasteiger partial charge in [-0.05, 0) is 24.7 Å². The number of benzene rings is 1. The third kappa shape index (κ3) is 3.92. The van der Waals surface area contributed by atoms with E-state index < -0.39 is 52.3 Å². The first-order valence-electron chi connectivity index (χ1n) is 9.51. The number of hydrogen-bond acceptors (Lipinski definition) is 9. The maximum atomic E-state index is 16.1. The van der Waals surface area contributed by atoms with Crippen molar-refractivity contribution in [2.45, 2.75) is 42.6 Å². The van der Waals surface area contributed by atoms with Gasteiger partial charge in [0.1, 0.15) is 52.1 Å². The van der Waals surface area contributed by atoms with Gasteiger partial charge >= 0.3 is 7.82 Å². The van der Waals surface area contributed by atoms with E-state index in [-0.39, 0.29) is 12.4 Å². The number of nitrogens with zero attached hydrogens (tertiary/aromatic N) is 1. The van der Waals surface area contributed by atoms with Gasteiger partial charge in [0.05, 0.1) is 12.0 Å². The van der Waals surface area contributed by atoms with E-state index >= 15 is 4.39 Å². The van der Waals surface area contributed by atoms with Crippen molar-refractivity contribution in [3.63, 3.8) is 0 Å². The number of para-hydroxylation sites is 1. The third-order valence-corrected chi connectivity index (χ3v) is 7.31. The van der Waals surface area contributed by atoms with Gasteiger partial charge in [0, 0.05) is 11.8 Å². The van der Waals surface area contributed by atoms with Crippen molar-refractivity contribution >= 4 is 55.2 Å². The smallest absolute Gasteiger partial charge is 0.403 e. The molecule has 0 saturated carbocycles. The molecule has 0 spiro atoms. The molecule has 3 heterocycles. The summed E-state index contributed by atoms with van der Waals surface area (Å²) in [7, 11) is 12.8. The highest BCUT2D eigenvalue weighted by atomic mass is 35.5. The van der Waals surface area contributed by atoms with E-state index in [1.165, 1.54) is 0 Å². The van der Waals surface area contributed by atoms with Crippen molar-refractivity contribution in [3.05, 3.63) is 55.7 Å². The van der Waals surface area contributed by atoms with Crippen molar-refractivity contribution in [3.8, 4) is 5.75 Å². The monoisotopic (exact) mass is 524 g/mol. The molecule has 0 bridgehead atoms. The van der Waals surface area contributed by atoms with Crippen LogP contribution in [0.2, 0.25) is 5.02 Å². The number of H-pyrrole nitrogens is 1. The van der Waals surface area contributed by atoms with Crippen molar-refractivity contribution in [1.29, 1.82) is 0 Å². The number of ether oxygens (including phenoxy) is 1. The fourth-order valence-corrected chi connectivity index (χ4v) is 5.39. The molecular formula is C17H14B3ClFN2O8PS. The van der Waals surface area contributed by atoms with Gasteiger partial charge < -0.3 is 24.0 Å². The van der Waals surface area contributed by atoms with E-state index in [0.29, 0.717) is 15.7 Å². The highest BCUT2D eigenvalue weighted by Crippen LogP contribution is 2.59. The van der Waals surface area contributed by atoms with E-state index in [0.717, 1.165) is 6.20 Å². The maximum absolute atomic E-state index is 16.1. The summed E-state index contributed by atoms with van der Waals surface area (Å²) in [5.41, 5.74) is -2.40. The lowest BCUT2D eigenvalue weighted by molar-refractivity contribution is -0.240. The van der Waals surface area contributed by atoms with Crippen molar-refractivity contribution in [1.82, 2.24) is 9.55 Å². The predicted molar refractivity (Wildman–Crippen MR) is 121 cm³/mol. The predicted octanol–water partition coefficient (Wildman–Crippen LogP) is 0.789. The fraction of sp³-hybridized carbons (Fsp3) is 0.412. The molecule has 2 aliphatic rings. The van der Waals surface area contributed by atoms with Crippen LogP contribution < -0.4 is 10.1 Å². The molecule has 1 unspecified atom stereocenters. The number of fused-ring (bicyclic) bond motifs is 1. The number of phosphoric acid groups is 1. The molecule has 1 fully saturated rings. The molecule has 174 valence electrons. The summed E-state index contributed by atoms with van der Waals surface area (Å²) in [6, 6.07) is 5.01. The Balaban J connectivity index is 1.69. The number of halogens is 2. The van der Waals surface area contributed by atoms with Crippen LogP contribution in [0.1, 0.15) is 11.1 Å². The Kier molecular flexibility index (Phi) is 6.27. The van der Waals surface area contributed by atoms with Gasteiger partial charge in [0.15, 0.2) is 4.77 Å². The van der Waals surface area contributed by atoms with Gasteiger partial charge in [-0.15, -0.1) is 0 Å². The summed E-state index contributed by atoms with van der Waals surface area (Å²) < 4.78 is 49.9. The van der Waals surface area contributed by atoms with Crippen LogP contribution in [0, 0.1) is 11.7 Å². The molecule has 0 amide bonds. The van der Waals surface area contributed by atoms with Crippen LogP contribution >= 0.6 is 31.6 Å². The molecule has 5 atom stereocenters. The summed E-state index contributed by atoms with van der Waals surface area (Å²) in [5.74, 6) is -3.56. The average molecular weight is 524 g/mol. The number of aromatic amines is 1. The fourth-order valence-electron chi connectivity index (χ4n) is 3.53. The molecular weight excluding hydrogens is 510 g/mol. The molecule has 1 saturated heterocycles. The number of phosphoric ester groups is 1. The van der Waals surface area contributed by atoms with Crippen LogP contribution in [-0.2, 0) is 30.6 Å². The van der Waals surface area contributed by atoms with Crippen LogP contribution in [-0.4, -0.2) is 66.8 Å². The quantitative estimate of drug-likeness (QED) is 0.302. The Bertz CT molecular complexity index is 1330. The van der Waals surface area contributed by atoms with Gasteiger partial charge in [0.2, 0.25) is 0 Å². The molecule has 1 aromatic heterocycles. The average Bonchev–Trinajstić information content (AvgIpc) is 2.93. The zero-order valence-corrected chi connectivity index (χ0v) is 19.8. The van der Waals surface area contributed by atoms with Crippen LogP contribution in [0.4, 0.5) is 4.39 Å². The van der Waals surface area contributed by atoms with Crippen LogP contribution in [0.15, 0.2) is 29.2 Å².